The number of benzene rings is 1. The standard InChI is InChI=1S/C23H27N3O3S2/c1-2-29-19-7-3-8-20-22(19)24-23(31-20)26(12-5-11-25-13-15-28-16-14-25)21(27)10-9-18-6-4-17-30-18/h3-4,6-10,17H,2,5,11-16H2,1H3/b10-9+. The van der Waals surface area contributed by atoms with Gasteiger partial charge in [-0.1, -0.05) is 23.5 Å². The molecule has 0 N–H and O–H groups in total. The van der Waals surface area contributed by atoms with Crippen LogP contribution in [0.5, 0.6) is 5.75 Å². The average molecular weight is 458 g/mol. The van der Waals surface area contributed by atoms with E-state index in [1.165, 1.54) is 11.3 Å². The zero-order chi connectivity index (χ0) is 21.5. The van der Waals surface area contributed by atoms with E-state index in [2.05, 4.69) is 4.90 Å². The van der Waals surface area contributed by atoms with Gasteiger partial charge in [0.2, 0.25) is 0 Å². The first-order valence-corrected chi connectivity index (χ1v) is 12.3. The number of rotatable bonds is 9. The topological polar surface area (TPSA) is 54.9 Å². The van der Waals surface area contributed by atoms with Gasteiger partial charge in [-0.25, -0.2) is 4.98 Å². The summed E-state index contributed by atoms with van der Waals surface area (Å²) < 4.78 is 12.2. The Kier molecular flexibility index (Phi) is 7.69. The quantitative estimate of drug-likeness (QED) is 0.442. The summed E-state index contributed by atoms with van der Waals surface area (Å²) in [7, 11) is 0. The van der Waals surface area contributed by atoms with Crippen molar-refractivity contribution in [2.75, 3.05) is 50.9 Å². The fraction of sp³-hybridized carbons (Fsp3) is 0.391. The first-order chi connectivity index (χ1) is 15.2. The molecule has 0 spiro atoms. The molecule has 3 heterocycles. The Morgan fingerprint density at radius 3 is 2.94 bits per heavy atom. The van der Waals surface area contributed by atoms with Gasteiger partial charge in [0.25, 0.3) is 5.91 Å². The summed E-state index contributed by atoms with van der Waals surface area (Å²) in [6, 6.07) is 9.91. The van der Waals surface area contributed by atoms with Gasteiger partial charge in [-0.2, -0.15) is 0 Å². The first-order valence-electron chi connectivity index (χ1n) is 10.6. The number of aromatic nitrogens is 1. The van der Waals surface area contributed by atoms with E-state index >= 15 is 0 Å². The Balaban J connectivity index is 1.54. The number of ether oxygens (including phenoxy) is 2. The number of hydrogen-bond donors (Lipinski definition) is 0. The molecule has 31 heavy (non-hydrogen) atoms. The van der Waals surface area contributed by atoms with Crippen molar-refractivity contribution in [1.82, 2.24) is 9.88 Å². The molecule has 2 aromatic heterocycles. The third-order valence-corrected chi connectivity index (χ3v) is 6.94. The molecular weight excluding hydrogens is 430 g/mol. The van der Waals surface area contributed by atoms with Gasteiger partial charge in [-0.05, 0) is 43.0 Å². The van der Waals surface area contributed by atoms with E-state index in [0.29, 0.717) is 18.3 Å². The van der Waals surface area contributed by atoms with E-state index in [1.54, 1.807) is 22.3 Å². The van der Waals surface area contributed by atoms with Crippen molar-refractivity contribution in [1.29, 1.82) is 0 Å². The summed E-state index contributed by atoms with van der Waals surface area (Å²) in [5.74, 6) is 0.713. The highest BCUT2D eigenvalue weighted by molar-refractivity contribution is 7.22. The molecule has 6 nitrogen and oxygen atoms in total. The number of nitrogens with zero attached hydrogens (tertiary/aromatic N) is 3. The molecular formula is C23H27N3O3S2. The van der Waals surface area contributed by atoms with Crippen molar-refractivity contribution < 1.29 is 14.3 Å². The molecule has 0 saturated carbocycles. The monoisotopic (exact) mass is 457 g/mol. The minimum absolute atomic E-state index is 0.0487. The zero-order valence-electron chi connectivity index (χ0n) is 17.7. The number of carbonyl (C=O) groups is 1. The lowest BCUT2D eigenvalue weighted by Crippen LogP contribution is -2.39. The predicted molar refractivity (Wildman–Crippen MR) is 128 cm³/mol. The fourth-order valence-electron chi connectivity index (χ4n) is 3.51. The van der Waals surface area contributed by atoms with Crippen LogP contribution in [0.4, 0.5) is 5.13 Å². The summed E-state index contributed by atoms with van der Waals surface area (Å²) in [4.78, 5) is 23.2. The Labute approximate surface area is 190 Å². The second-order valence-corrected chi connectivity index (χ2v) is 9.17. The van der Waals surface area contributed by atoms with Crippen LogP contribution >= 0.6 is 22.7 Å². The van der Waals surface area contributed by atoms with Crippen LogP contribution in [0, 0.1) is 0 Å². The molecule has 1 aromatic carbocycles. The SMILES string of the molecule is CCOc1cccc2sc(N(CCCN3CCOCC3)C(=O)/C=C/c3cccs3)nc12. The maximum absolute atomic E-state index is 13.2. The smallest absolute Gasteiger partial charge is 0.252 e. The van der Waals surface area contributed by atoms with Gasteiger partial charge in [0, 0.05) is 37.1 Å². The molecule has 3 aromatic rings. The number of thiophene rings is 1. The van der Waals surface area contributed by atoms with E-state index in [4.69, 9.17) is 14.5 Å². The Morgan fingerprint density at radius 1 is 1.29 bits per heavy atom. The Hall–Kier alpha value is -2.26. The minimum atomic E-state index is -0.0487. The summed E-state index contributed by atoms with van der Waals surface area (Å²) in [5, 5.41) is 2.72. The van der Waals surface area contributed by atoms with E-state index in [9.17, 15) is 4.79 Å². The number of amides is 1. The van der Waals surface area contributed by atoms with Gasteiger partial charge >= 0.3 is 0 Å². The lowest BCUT2D eigenvalue weighted by atomic mass is 10.3. The van der Waals surface area contributed by atoms with Crippen LogP contribution in [-0.2, 0) is 9.53 Å². The summed E-state index contributed by atoms with van der Waals surface area (Å²) >= 11 is 3.15. The second kappa shape index (κ2) is 10.9. The van der Waals surface area contributed by atoms with E-state index in [0.717, 1.165) is 60.1 Å². The van der Waals surface area contributed by atoms with E-state index in [1.807, 2.05) is 48.7 Å². The van der Waals surface area contributed by atoms with Crippen molar-refractivity contribution in [3.05, 3.63) is 46.7 Å². The van der Waals surface area contributed by atoms with Crippen molar-refractivity contribution in [3.63, 3.8) is 0 Å². The molecule has 1 aliphatic rings. The van der Waals surface area contributed by atoms with Crippen LogP contribution in [0.1, 0.15) is 18.2 Å². The Morgan fingerprint density at radius 2 is 2.16 bits per heavy atom. The van der Waals surface area contributed by atoms with E-state index < -0.39 is 0 Å². The first kappa shape index (κ1) is 22.0. The number of hydrogen-bond acceptors (Lipinski definition) is 7. The molecule has 0 bridgehead atoms. The number of fused-ring (bicyclic) bond motifs is 1. The molecule has 0 aliphatic carbocycles. The molecule has 1 aliphatic heterocycles. The minimum Gasteiger partial charge on any atom is -0.492 e. The molecule has 0 atom stereocenters. The van der Waals surface area contributed by atoms with Crippen LogP contribution < -0.4 is 9.64 Å². The van der Waals surface area contributed by atoms with Crippen LogP contribution in [0.2, 0.25) is 0 Å². The third-order valence-electron chi connectivity index (χ3n) is 5.06. The van der Waals surface area contributed by atoms with Crippen LogP contribution in [0.3, 0.4) is 0 Å². The molecule has 0 radical (unpaired) electrons. The molecule has 1 amide bonds. The second-order valence-electron chi connectivity index (χ2n) is 7.18. The molecule has 164 valence electrons. The predicted octanol–water partition coefficient (Wildman–Crippen LogP) is 4.53. The fourth-order valence-corrected chi connectivity index (χ4v) is 5.14. The van der Waals surface area contributed by atoms with Crippen LogP contribution in [0.25, 0.3) is 16.3 Å². The zero-order valence-corrected chi connectivity index (χ0v) is 19.3. The molecule has 4 rings (SSSR count). The van der Waals surface area contributed by atoms with Gasteiger partial charge < -0.3 is 9.47 Å². The average Bonchev–Trinajstić information content (AvgIpc) is 3.46. The summed E-state index contributed by atoms with van der Waals surface area (Å²) in [6.45, 7) is 7.57. The maximum Gasteiger partial charge on any atom is 0.252 e. The van der Waals surface area contributed by atoms with Gasteiger partial charge in [-0.15, -0.1) is 11.3 Å². The largest absolute Gasteiger partial charge is 0.492 e. The molecule has 1 fully saturated rings. The van der Waals surface area contributed by atoms with Crippen molar-refractivity contribution in [3.8, 4) is 5.75 Å². The lowest BCUT2D eigenvalue weighted by Gasteiger charge is -2.27. The summed E-state index contributed by atoms with van der Waals surface area (Å²) in [6.07, 6.45) is 4.41. The highest BCUT2D eigenvalue weighted by atomic mass is 32.1. The van der Waals surface area contributed by atoms with Crippen LogP contribution in [0.15, 0.2) is 41.8 Å². The van der Waals surface area contributed by atoms with Crippen molar-refractivity contribution in [2.24, 2.45) is 0 Å². The molecule has 8 heteroatoms. The highest BCUT2D eigenvalue weighted by Crippen LogP contribution is 2.34. The lowest BCUT2D eigenvalue weighted by molar-refractivity contribution is -0.114. The number of anilines is 1. The van der Waals surface area contributed by atoms with Gasteiger partial charge in [0.1, 0.15) is 11.3 Å². The van der Waals surface area contributed by atoms with Gasteiger partial charge in [-0.3, -0.25) is 14.6 Å². The highest BCUT2D eigenvalue weighted by Gasteiger charge is 2.20. The molecule has 0 unspecified atom stereocenters. The molecule has 1 saturated heterocycles. The van der Waals surface area contributed by atoms with Gasteiger partial charge in [0.15, 0.2) is 5.13 Å². The number of morpholine rings is 1. The number of carbonyl (C=O) groups excluding carboxylic acids is 1. The summed E-state index contributed by atoms with van der Waals surface area (Å²) in [5.41, 5.74) is 0.817. The number of thiazole rings is 1. The van der Waals surface area contributed by atoms with Crippen LogP contribution in [-0.4, -0.2) is 61.8 Å². The third kappa shape index (κ3) is 5.71. The number of para-hydroxylation sites is 1. The Bertz CT molecular complexity index is 1010. The van der Waals surface area contributed by atoms with Gasteiger partial charge in [0.05, 0.1) is 24.5 Å². The van der Waals surface area contributed by atoms with Crippen molar-refractivity contribution >= 4 is 50.0 Å². The van der Waals surface area contributed by atoms with Crippen molar-refractivity contribution in [2.45, 2.75) is 13.3 Å². The van der Waals surface area contributed by atoms with E-state index in [-0.39, 0.29) is 5.91 Å². The maximum atomic E-state index is 13.2. The normalized spacial score (nSPS) is 15.0.